The number of rotatable bonds is 30. The molecule has 0 heterocycles. The van der Waals surface area contributed by atoms with Gasteiger partial charge in [-0.25, -0.2) is 0 Å². The van der Waals surface area contributed by atoms with Gasteiger partial charge in [0, 0.05) is 47.5 Å². The first kappa shape index (κ1) is 38.3. The highest BCUT2D eigenvalue weighted by Gasteiger charge is 2.06. The van der Waals surface area contributed by atoms with E-state index in [4.69, 9.17) is 23.7 Å². The fourth-order valence-electron chi connectivity index (χ4n) is 4.41. The van der Waals surface area contributed by atoms with Crippen LogP contribution in [0.1, 0.15) is 118 Å². The predicted molar refractivity (Wildman–Crippen MR) is 174 cm³/mol. The summed E-state index contributed by atoms with van der Waals surface area (Å²) < 4.78 is 29.5. The summed E-state index contributed by atoms with van der Waals surface area (Å²) in [5.74, 6) is 1.63. The van der Waals surface area contributed by atoms with Gasteiger partial charge in [-0.2, -0.15) is 0 Å². The van der Waals surface area contributed by atoms with Crippen molar-refractivity contribution in [1.82, 2.24) is 0 Å². The zero-order chi connectivity index (χ0) is 27.4. The van der Waals surface area contributed by atoms with Crippen molar-refractivity contribution in [1.29, 1.82) is 0 Å². The van der Waals surface area contributed by atoms with Crippen LogP contribution in [0.15, 0.2) is 0 Å². The van der Waals surface area contributed by atoms with Gasteiger partial charge in [0.25, 0.3) is 0 Å². The highest BCUT2D eigenvalue weighted by Crippen LogP contribution is 2.18. The summed E-state index contributed by atoms with van der Waals surface area (Å²) >= 11 is 5.03. The smallest absolute Gasteiger partial charge is 0.149 e. The minimum absolute atomic E-state index is 0.324. The summed E-state index contributed by atoms with van der Waals surface area (Å²) in [6, 6.07) is 0. The maximum Gasteiger partial charge on any atom is 0.149 e. The van der Waals surface area contributed by atoms with Crippen LogP contribution in [0, 0.1) is 11.8 Å². The van der Waals surface area contributed by atoms with E-state index in [-0.39, 0.29) is 0 Å². The molecule has 0 aliphatic carbocycles. The van der Waals surface area contributed by atoms with Crippen LogP contribution in [0.3, 0.4) is 0 Å². The number of hydrogen-bond donors (Lipinski definition) is 0. The molecule has 0 radical (unpaired) electrons. The molecular weight excluding hydrogens is 694 g/mol. The number of ether oxygens (including phenoxy) is 5. The zero-order valence-electron chi connectivity index (χ0n) is 24.7. The van der Waals surface area contributed by atoms with Crippen LogP contribution in [0.5, 0.6) is 0 Å². The van der Waals surface area contributed by atoms with Crippen molar-refractivity contribution >= 4 is 45.2 Å². The first-order valence-electron chi connectivity index (χ1n) is 15.1. The monoisotopic (exact) mass is 754 g/mol. The molecule has 0 aromatic rings. The van der Waals surface area contributed by atoms with E-state index >= 15 is 0 Å². The fraction of sp³-hybridized carbons (Fsp3) is 1.00. The Hall–Kier alpha value is 1.26. The van der Waals surface area contributed by atoms with E-state index < -0.39 is 0 Å². The molecule has 0 saturated heterocycles. The van der Waals surface area contributed by atoms with Crippen molar-refractivity contribution in [2.24, 2.45) is 11.8 Å². The Labute approximate surface area is 257 Å². The average molecular weight is 755 g/mol. The molecule has 0 aliphatic rings. The summed E-state index contributed by atoms with van der Waals surface area (Å²) in [5.41, 5.74) is 0. The Morgan fingerprint density at radius 3 is 1.08 bits per heavy atom. The molecule has 0 rings (SSSR count). The van der Waals surface area contributed by atoms with Gasteiger partial charge in [0.2, 0.25) is 0 Å². The van der Waals surface area contributed by atoms with Gasteiger partial charge in [-0.05, 0) is 76.0 Å². The Morgan fingerprint density at radius 1 is 0.405 bits per heavy atom. The first-order chi connectivity index (χ1) is 17.9. The van der Waals surface area contributed by atoms with Crippen LogP contribution >= 0.6 is 45.2 Å². The van der Waals surface area contributed by atoms with Crippen molar-refractivity contribution in [3.05, 3.63) is 0 Å². The molecule has 0 aromatic heterocycles. The Morgan fingerprint density at radius 2 is 0.730 bits per heavy atom. The highest BCUT2D eigenvalue weighted by molar-refractivity contribution is 14.1. The lowest BCUT2D eigenvalue weighted by molar-refractivity contribution is -0.131. The lowest BCUT2D eigenvalue weighted by Gasteiger charge is -2.12. The quantitative estimate of drug-likeness (QED) is 0.0317. The van der Waals surface area contributed by atoms with Crippen molar-refractivity contribution in [3.63, 3.8) is 0 Å². The van der Waals surface area contributed by atoms with Crippen molar-refractivity contribution in [3.8, 4) is 0 Å². The van der Waals surface area contributed by atoms with Crippen molar-refractivity contribution in [2.45, 2.75) is 125 Å². The molecule has 224 valence electrons. The third-order valence-electron chi connectivity index (χ3n) is 6.41. The normalized spacial score (nSPS) is 15.1. The van der Waals surface area contributed by atoms with Crippen molar-refractivity contribution < 1.29 is 23.7 Å². The fourth-order valence-corrected chi connectivity index (χ4v) is 6.15. The molecule has 0 bridgehead atoms. The van der Waals surface area contributed by atoms with Gasteiger partial charge in [0.15, 0.2) is 0 Å². The average Bonchev–Trinajstić information content (AvgIpc) is 2.83. The van der Waals surface area contributed by atoms with Gasteiger partial charge in [-0.3, -0.25) is 0 Å². The van der Waals surface area contributed by atoms with Gasteiger partial charge < -0.3 is 23.7 Å². The Bertz CT molecular complexity index is 402. The van der Waals surface area contributed by atoms with Crippen LogP contribution in [-0.4, -0.2) is 61.1 Å². The second-order valence-corrected chi connectivity index (χ2v) is 15.1. The van der Waals surface area contributed by atoms with Gasteiger partial charge >= 0.3 is 0 Å². The molecule has 0 saturated carbocycles. The molecule has 4 unspecified atom stereocenters. The Kier molecular flexibility index (Phi) is 31.3. The van der Waals surface area contributed by atoms with E-state index in [9.17, 15) is 0 Å². The lowest BCUT2D eigenvalue weighted by atomic mass is 10.0. The van der Waals surface area contributed by atoms with Crippen LogP contribution in [0.2, 0.25) is 0 Å². The standard InChI is InChI=1S/C30H60I2O5/c1-27(23-29(3)31)15-13-21-33-17-9-5-7-11-19-35-25-37-26-36-20-12-8-6-10-18-34-22-14-16-28(2)24-30(4)32/h27-30H,5-26H2,1-4H3. The second kappa shape index (κ2) is 30.2. The summed E-state index contributed by atoms with van der Waals surface area (Å²) in [7, 11) is 0. The van der Waals surface area contributed by atoms with E-state index in [1.807, 2.05) is 0 Å². The van der Waals surface area contributed by atoms with Gasteiger partial charge in [-0.1, -0.05) is 98.6 Å². The topological polar surface area (TPSA) is 46.2 Å². The third-order valence-corrected chi connectivity index (χ3v) is 7.43. The van der Waals surface area contributed by atoms with Crippen LogP contribution in [-0.2, 0) is 23.7 Å². The van der Waals surface area contributed by atoms with E-state index in [1.54, 1.807) is 0 Å². The summed E-state index contributed by atoms with van der Waals surface area (Å²) in [5, 5.41) is 0. The number of hydrogen-bond acceptors (Lipinski definition) is 5. The van der Waals surface area contributed by atoms with Gasteiger partial charge in [0.1, 0.15) is 13.6 Å². The van der Waals surface area contributed by atoms with Crippen LogP contribution < -0.4 is 0 Å². The highest BCUT2D eigenvalue weighted by atomic mass is 127. The first-order valence-corrected chi connectivity index (χ1v) is 17.6. The maximum absolute atomic E-state index is 5.77. The third kappa shape index (κ3) is 33.4. The molecule has 0 aliphatic heterocycles. The number of unbranched alkanes of at least 4 members (excludes halogenated alkanes) is 6. The molecular formula is C30H60I2O5. The number of halogens is 2. The largest absolute Gasteiger partial charge is 0.381 e. The lowest BCUT2D eigenvalue weighted by Crippen LogP contribution is -2.06. The molecule has 4 atom stereocenters. The summed E-state index contributed by atoms with van der Waals surface area (Å²) in [6.45, 7) is 15.1. The second-order valence-electron chi connectivity index (χ2n) is 10.8. The van der Waals surface area contributed by atoms with Crippen LogP contribution in [0.4, 0.5) is 0 Å². The SMILES string of the molecule is CC(I)CC(C)CCCOCCCCCCOCOCOCCCCCCOCCCC(C)CC(C)I. The molecule has 0 aromatic carbocycles. The van der Waals surface area contributed by atoms with E-state index in [0.29, 0.717) is 13.6 Å². The molecule has 0 amide bonds. The molecule has 0 spiro atoms. The van der Waals surface area contributed by atoms with Crippen molar-refractivity contribution in [2.75, 3.05) is 53.2 Å². The molecule has 5 nitrogen and oxygen atoms in total. The van der Waals surface area contributed by atoms with E-state index in [2.05, 4.69) is 72.9 Å². The maximum atomic E-state index is 5.77. The number of alkyl halides is 2. The van der Waals surface area contributed by atoms with E-state index in [1.165, 1.54) is 64.2 Å². The minimum atomic E-state index is 0.324. The summed E-state index contributed by atoms with van der Waals surface area (Å²) in [6.07, 6.45) is 16.8. The van der Waals surface area contributed by atoms with Gasteiger partial charge in [0.05, 0.1) is 0 Å². The van der Waals surface area contributed by atoms with Crippen LogP contribution in [0.25, 0.3) is 0 Å². The predicted octanol–water partition coefficient (Wildman–Crippen LogP) is 9.37. The van der Waals surface area contributed by atoms with E-state index in [0.717, 1.165) is 85.0 Å². The molecule has 0 N–H and O–H groups in total. The summed E-state index contributed by atoms with van der Waals surface area (Å²) in [4.78, 5) is 0. The Balaban J connectivity index is 3.11. The minimum Gasteiger partial charge on any atom is -0.381 e. The molecule has 0 fully saturated rings. The van der Waals surface area contributed by atoms with Gasteiger partial charge in [-0.15, -0.1) is 0 Å². The molecule has 7 heteroatoms. The zero-order valence-corrected chi connectivity index (χ0v) is 29.0. The molecule has 37 heavy (non-hydrogen) atoms.